The molecule has 7 aromatic rings. The van der Waals surface area contributed by atoms with E-state index in [1.54, 1.807) is 11.1 Å². The molecule has 300 valence electrons. The second-order valence-electron chi connectivity index (χ2n) is 18.5. The molecule has 0 radical (unpaired) electrons. The molecule has 0 aliphatic rings. The van der Waals surface area contributed by atoms with Gasteiger partial charge in [-0.25, -0.2) is 9.97 Å². The van der Waals surface area contributed by atoms with Crippen LogP contribution in [0.25, 0.3) is 63.5 Å². The van der Waals surface area contributed by atoms with E-state index >= 15 is 0 Å². The normalized spacial score (nSPS) is 13.6. The van der Waals surface area contributed by atoms with Crippen molar-refractivity contribution in [2.24, 2.45) is 11.8 Å². The summed E-state index contributed by atoms with van der Waals surface area (Å²) in [5.74, 6) is 1.40. The molecule has 57 heavy (non-hydrogen) atoms. The minimum Gasteiger partial charge on any atom is -0.243 e. The summed E-state index contributed by atoms with van der Waals surface area (Å²) in [4.78, 5) is 16.7. The lowest BCUT2D eigenvalue weighted by Crippen LogP contribution is -2.11. The zero-order valence-electron chi connectivity index (χ0n) is 36.3. The fraction of sp³-hybridized carbons (Fsp3) is 0.462. The molecule has 0 spiro atoms. The van der Waals surface area contributed by atoms with Crippen LogP contribution in [0.5, 0.6) is 0 Å². The molecule has 5 heteroatoms. The lowest BCUT2D eigenvalue weighted by Gasteiger charge is -2.22. The predicted octanol–water partition coefficient (Wildman–Crippen LogP) is 17.2. The molecule has 0 N–H and O–H groups in total. The van der Waals surface area contributed by atoms with E-state index in [1.165, 1.54) is 97.5 Å². The first-order chi connectivity index (χ1) is 27.4. The van der Waals surface area contributed by atoms with E-state index in [1.807, 2.05) is 22.7 Å². The van der Waals surface area contributed by atoms with Gasteiger partial charge in [-0.2, -0.15) is 0 Å². The van der Waals surface area contributed by atoms with E-state index in [0.717, 1.165) is 40.0 Å². The van der Waals surface area contributed by atoms with Gasteiger partial charge in [-0.1, -0.05) is 181 Å². The number of unbranched alkanes of at least 4 members (excludes halogenated alkanes) is 2. The zero-order valence-corrected chi connectivity index (χ0v) is 38.7. The summed E-state index contributed by atoms with van der Waals surface area (Å²) >= 11 is 5.99. The Balaban J connectivity index is 1.54. The molecule has 7 rings (SSSR count). The van der Waals surface area contributed by atoms with Crippen LogP contribution in [0.3, 0.4) is 0 Å². The second kappa shape index (κ2) is 17.5. The summed E-state index contributed by atoms with van der Waals surface area (Å²) in [7, 11) is 0. The average molecular weight is 813 g/mol. The molecule has 0 amide bonds. The highest BCUT2D eigenvalue weighted by Gasteiger charge is 2.30. The van der Waals surface area contributed by atoms with Crippen molar-refractivity contribution in [3.8, 4) is 32.3 Å². The van der Waals surface area contributed by atoms with E-state index in [2.05, 4.69) is 153 Å². The van der Waals surface area contributed by atoms with Crippen LogP contribution in [0.4, 0.5) is 0 Å². The van der Waals surface area contributed by atoms with Gasteiger partial charge in [-0.3, -0.25) is 0 Å². The largest absolute Gasteiger partial charge is 0.243 e. The summed E-state index contributed by atoms with van der Waals surface area (Å²) in [5.41, 5.74) is 9.48. The van der Waals surface area contributed by atoms with Crippen molar-refractivity contribution in [1.82, 2.24) is 9.97 Å². The SMILES string of the molecule is CCCCC(CC)Cc1c(CC(CC)CCCC)c2cc(C(C)(C)C)sc2c2sc(-c3sc(C(C)(C)C)c4nc(-c5ccccc5)c(-c5ccccc5)nc34)cc12. The van der Waals surface area contributed by atoms with Gasteiger partial charge in [0.25, 0.3) is 0 Å². The molecule has 2 unspecified atom stereocenters. The first kappa shape index (κ1) is 41.8. The van der Waals surface area contributed by atoms with Crippen LogP contribution in [-0.2, 0) is 23.7 Å². The van der Waals surface area contributed by atoms with Gasteiger partial charge in [0.05, 0.1) is 25.7 Å². The maximum Gasteiger partial charge on any atom is 0.109 e. The lowest BCUT2D eigenvalue weighted by atomic mass is 9.82. The molecule has 0 bridgehead atoms. The molecule has 0 fully saturated rings. The third-order valence-electron chi connectivity index (χ3n) is 12.0. The van der Waals surface area contributed by atoms with Crippen LogP contribution >= 0.6 is 34.0 Å². The number of fused-ring (bicyclic) bond motifs is 4. The molecule has 0 saturated heterocycles. The van der Waals surface area contributed by atoms with Gasteiger partial charge >= 0.3 is 0 Å². The van der Waals surface area contributed by atoms with Crippen molar-refractivity contribution < 1.29 is 0 Å². The number of thiophene rings is 3. The fourth-order valence-electron chi connectivity index (χ4n) is 8.53. The molecule has 4 aromatic heterocycles. The smallest absolute Gasteiger partial charge is 0.109 e. The molecular weight excluding hydrogens is 749 g/mol. The number of nitrogens with zero attached hydrogens (tertiary/aromatic N) is 2. The minimum atomic E-state index is -0.0863. The summed E-state index contributed by atoms with van der Waals surface area (Å²) in [6.07, 6.45) is 12.6. The molecule has 2 atom stereocenters. The highest BCUT2D eigenvalue weighted by atomic mass is 32.1. The Hall–Kier alpha value is -3.38. The topological polar surface area (TPSA) is 25.8 Å². The highest BCUT2D eigenvalue weighted by molar-refractivity contribution is 7.31. The predicted molar refractivity (Wildman–Crippen MR) is 256 cm³/mol. The number of hydrogen-bond acceptors (Lipinski definition) is 5. The molecule has 0 aliphatic heterocycles. The molecule has 4 heterocycles. The van der Waals surface area contributed by atoms with E-state index in [9.17, 15) is 0 Å². The Morgan fingerprint density at radius 3 is 1.53 bits per heavy atom. The van der Waals surface area contributed by atoms with Crippen LogP contribution in [0.1, 0.15) is 141 Å². The minimum absolute atomic E-state index is 0.0863. The van der Waals surface area contributed by atoms with Gasteiger partial charge in [-0.05, 0) is 69.5 Å². The maximum atomic E-state index is 5.67. The van der Waals surface area contributed by atoms with Crippen molar-refractivity contribution in [1.29, 1.82) is 0 Å². The van der Waals surface area contributed by atoms with Crippen molar-refractivity contribution in [2.45, 2.75) is 144 Å². The summed E-state index contributed by atoms with van der Waals surface area (Å²) in [6.45, 7) is 23.7. The zero-order chi connectivity index (χ0) is 40.5. The van der Waals surface area contributed by atoms with E-state index < -0.39 is 0 Å². The third kappa shape index (κ3) is 8.68. The van der Waals surface area contributed by atoms with Gasteiger partial charge in [0.15, 0.2) is 0 Å². The summed E-state index contributed by atoms with van der Waals surface area (Å²) in [5, 5.41) is 3.03. The van der Waals surface area contributed by atoms with E-state index in [-0.39, 0.29) is 10.8 Å². The fourth-order valence-corrected chi connectivity index (χ4v) is 12.5. The first-order valence-corrected chi connectivity index (χ1v) is 24.3. The standard InChI is InChI=1S/C52H64N2S3/c1-11-15-23-33(13-3)29-37-38(30-34(14-4)24-16-12-2)40-32-42(51(5,6)7)56-48(40)47-39(37)31-41(55-47)49-45-46(50(57-49)52(8,9)10)54-44(36-27-21-18-22-28-36)43(53-45)35-25-19-17-20-26-35/h17-22,25-28,31-34H,11-16,23-24,29-30H2,1-10H3. The van der Waals surface area contributed by atoms with Crippen molar-refractivity contribution in [2.75, 3.05) is 0 Å². The van der Waals surface area contributed by atoms with Crippen LogP contribution in [0, 0.1) is 11.8 Å². The van der Waals surface area contributed by atoms with Crippen molar-refractivity contribution in [3.05, 3.63) is 93.7 Å². The molecule has 0 saturated carbocycles. The molecular formula is C52H64N2S3. The Bertz CT molecular complexity index is 2430. The third-order valence-corrected chi connectivity index (χ3v) is 16.7. The van der Waals surface area contributed by atoms with Crippen LogP contribution < -0.4 is 0 Å². The van der Waals surface area contributed by atoms with Crippen LogP contribution in [-0.4, -0.2) is 9.97 Å². The molecule has 3 aromatic carbocycles. The monoisotopic (exact) mass is 812 g/mol. The number of aromatic nitrogens is 2. The number of rotatable bonds is 15. The van der Waals surface area contributed by atoms with Gasteiger partial charge in [0.2, 0.25) is 0 Å². The molecule has 0 aliphatic carbocycles. The average Bonchev–Trinajstić information content (AvgIpc) is 3.94. The van der Waals surface area contributed by atoms with Gasteiger partial charge in [0.1, 0.15) is 11.0 Å². The van der Waals surface area contributed by atoms with Crippen LogP contribution in [0.15, 0.2) is 72.8 Å². The Morgan fingerprint density at radius 2 is 1.05 bits per heavy atom. The number of hydrogen-bond donors (Lipinski definition) is 0. The molecule has 2 nitrogen and oxygen atoms in total. The van der Waals surface area contributed by atoms with E-state index in [0.29, 0.717) is 11.8 Å². The Labute approximate surface area is 355 Å². The van der Waals surface area contributed by atoms with Gasteiger partial charge < -0.3 is 0 Å². The number of benzene rings is 3. The van der Waals surface area contributed by atoms with Gasteiger partial charge in [0, 0.05) is 25.8 Å². The quantitative estimate of drug-likeness (QED) is 0.103. The van der Waals surface area contributed by atoms with Gasteiger partial charge in [-0.15, -0.1) is 34.0 Å². The lowest BCUT2D eigenvalue weighted by molar-refractivity contribution is 0.436. The summed E-state index contributed by atoms with van der Waals surface area (Å²) < 4.78 is 2.97. The van der Waals surface area contributed by atoms with Crippen molar-refractivity contribution in [3.63, 3.8) is 0 Å². The summed E-state index contributed by atoms with van der Waals surface area (Å²) in [6, 6.07) is 26.5. The highest BCUT2D eigenvalue weighted by Crippen LogP contribution is 2.52. The Kier molecular flexibility index (Phi) is 12.8. The first-order valence-electron chi connectivity index (χ1n) is 21.8. The van der Waals surface area contributed by atoms with E-state index in [4.69, 9.17) is 9.97 Å². The van der Waals surface area contributed by atoms with Crippen molar-refractivity contribution >= 4 is 65.2 Å². The Morgan fingerprint density at radius 1 is 0.561 bits per heavy atom. The van der Waals surface area contributed by atoms with Crippen LogP contribution in [0.2, 0.25) is 0 Å². The second-order valence-corrected chi connectivity index (χ2v) is 21.6. The maximum absolute atomic E-state index is 5.67.